The first-order valence-electron chi connectivity index (χ1n) is 7.40. The zero-order valence-corrected chi connectivity index (χ0v) is 14.2. The molecule has 0 fully saturated rings. The zero-order valence-electron chi connectivity index (χ0n) is 13.3. The van der Waals surface area contributed by atoms with E-state index < -0.39 is 26.6 Å². The lowest BCUT2D eigenvalue weighted by Crippen LogP contribution is -2.16. The predicted molar refractivity (Wildman–Crippen MR) is 88.7 cm³/mol. The fourth-order valence-electron chi connectivity index (χ4n) is 2.58. The van der Waals surface area contributed by atoms with Gasteiger partial charge in [0.15, 0.2) is 0 Å². The molecule has 0 N–H and O–H groups in total. The van der Waals surface area contributed by atoms with Crippen LogP contribution in [0.4, 0.5) is 8.78 Å². The molecule has 0 unspecified atom stereocenters. The van der Waals surface area contributed by atoms with Gasteiger partial charge in [-0.3, -0.25) is 9.67 Å². The zero-order chi connectivity index (χ0) is 18.5. The van der Waals surface area contributed by atoms with Crippen LogP contribution in [0.25, 0.3) is 22.2 Å². The molecule has 0 radical (unpaired) electrons. The van der Waals surface area contributed by atoms with Crippen LogP contribution in [-0.4, -0.2) is 32.4 Å². The highest BCUT2D eigenvalue weighted by atomic mass is 32.2. The molecule has 4 aromatic rings. The fraction of sp³-hybridized carbons (Fsp3) is 0.0625. The molecule has 0 aliphatic carbocycles. The van der Waals surface area contributed by atoms with Crippen molar-refractivity contribution in [3.8, 4) is 11.1 Å². The lowest BCUT2D eigenvalue weighted by atomic mass is 10.1. The summed E-state index contributed by atoms with van der Waals surface area (Å²) in [5, 5.41) is 7.89. The Hall–Kier alpha value is -3.14. The molecule has 0 amide bonds. The summed E-state index contributed by atoms with van der Waals surface area (Å²) < 4.78 is 55.0. The van der Waals surface area contributed by atoms with E-state index in [1.165, 1.54) is 6.20 Å². The van der Waals surface area contributed by atoms with Crippen molar-refractivity contribution in [1.82, 2.24) is 24.0 Å². The lowest BCUT2D eigenvalue weighted by Gasteiger charge is -2.07. The smallest absolute Gasteiger partial charge is 0.275 e. The Balaban J connectivity index is 1.91. The molecular weight excluding hydrogens is 364 g/mol. The third kappa shape index (κ3) is 2.54. The predicted octanol–water partition coefficient (Wildman–Crippen LogP) is 2.35. The van der Waals surface area contributed by atoms with E-state index in [0.29, 0.717) is 21.2 Å². The second-order valence-electron chi connectivity index (χ2n) is 5.60. The molecule has 0 aliphatic rings. The maximum absolute atomic E-state index is 14.0. The van der Waals surface area contributed by atoms with Gasteiger partial charge in [0, 0.05) is 36.6 Å². The largest absolute Gasteiger partial charge is 0.286 e. The summed E-state index contributed by atoms with van der Waals surface area (Å²) in [6, 6.07) is 3.83. The minimum atomic E-state index is -4.36. The Labute approximate surface area is 146 Å². The number of rotatable bonds is 3. The Bertz CT molecular complexity index is 1250. The average molecular weight is 375 g/mol. The molecule has 4 rings (SSSR count). The minimum absolute atomic E-state index is 0.176. The first-order valence-corrected chi connectivity index (χ1v) is 8.84. The third-order valence-corrected chi connectivity index (χ3v) is 5.46. The maximum Gasteiger partial charge on any atom is 0.286 e. The number of hydrogen-bond acceptors (Lipinski definition) is 5. The molecule has 0 saturated carbocycles. The molecule has 3 heterocycles. The standard InChI is InChI=1S/C16H11F2N5O2S/c1-22-9-11(7-20-22)10-4-15-14(19-6-10)8-21-23(15)26(24,25)16-3-2-12(17)5-13(16)18/h2-9H,1H3. The highest BCUT2D eigenvalue weighted by Crippen LogP contribution is 2.25. The van der Waals surface area contributed by atoms with Crippen LogP contribution in [0.2, 0.25) is 0 Å². The van der Waals surface area contributed by atoms with Crippen molar-refractivity contribution in [2.45, 2.75) is 4.90 Å². The molecule has 132 valence electrons. The van der Waals surface area contributed by atoms with Gasteiger partial charge in [-0.1, -0.05) is 0 Å². The Kier molecular flexibility index (Phi) is 3.58. The van der Waals surface area contributed by atoms with Crippen LogP contribution < -0.4 is 0 Å². The Morgan fingerprint density at radius 2 is 1.81 bits per heavy atom. The highest BCUT2D eigenvalue weighted by molar-refractivity contribution is 7.90. The second kappa shape index (κ2) is 5.70. The SMILES string of the molecule is Cn1cc(-c2cnc3cnn(S(=O)(=O)c4ccc(F)cc4F)c3c2)cn1. The number of aryl methyl sites for hydroxylation is 1. The van der Waals surface area contributed by atoms with E-state index in [2.05, 4.69) is 15.2 Å². The molecule has 7 nitrogen and oxygen atoms in total. The van der Waals surface area contributed by atoms with Crippen LogP contribution >= 0.6 is 0 Å². The molecular formula is C16H11F2N5O2S. The van der Waals surface area contributed by atoms with Gasteiger partial charge in [-0.15, -0.1) is 0 Å². The number of halogens is 2. The quantitative estimate of drug-likeness (QED) is 0.549. The molecule has 0 aliphatic heterocycles. The molecule has 0 saturated heterocycles. The van der Waals surface area contributed by atoms with Gasteiger partial charge < -0.3 is 0 Å². The Morgan fingerprint density at radius 3 is 2.50 bits per heavy atom. The summed E-state index contributed by atoms with van der Waals surface area (Å²) in [5.74, 6) is -2.06. The van der Waals surface area contributed by atoms with Crippen molar-refractivity contribution in [2.75, 3.05) is 0 Å². The summed E-state index contributed by atoms with van der Waals surface area (Å²) in [6.07, 6.45) is 6.19. The number of pyridine rings is 1. The van der Waals surface area contributed by atoms with Crippen molar-refractivity contribution >= 4 is 21.1 Å². The van der Waals surface area contributed by atoms with Gasteiger partial charge in [0.2, 0.25) is 0 Å². The lowest BCUT2D eigenvalue weighted by molar-refractivity contribution is 0.543. The van der Waals surface area contributed by atoms with Gasteiger partial charge in [-0.2, -0.15) is 22.7 Å². The number of fused-ring (bicyclic) bond motifs is 1. The topological polar surface area (TPSA) is 82.7 Å². The molecule has 3 aromatic heterocycles. The van der Waals surface area contributed by atoms with E-state index in [9.17, 15) is 17.2 Å². The molecule has 10 heteroatoms. The van der Waals surface area contributed by atoms with Crippen molar-refractivity contribution in [3.05, 3.63) is 60.7 Å². The molecule has 0 atom stereocenters. The number of aromatic nitrogens is 5. The Morgan fingerprint density at radius 1 is 1.00 bits per heavy atom. The van der Waals surface area contributed by atoms with Crippen molar-refractivity contribution in [1.29, 1.82) is 0 Å². The maximum atomic E-state index is 14.0. The van der Waals surface area contributed by atoms with Crippen LogP contribution in [0.15, 0.2) is 53.9 Å². The minimum Gasteiger partial charge on any atom is -0.275 e. The monoisotopic (exact) mass is 375 g/mol. The van der Waals surface area contributed by atoms with Crippen LogP contribution in [0.3, 0.4) is 0 Å². The van der Waals surface area contributed by atoms with Crippen LogP contribution in [0.5, 0.6) is 0 Å². The van der Waals surface area contributed by atoms with Crippen molar-refractivity contribution < 1.29 is 17.2 Å². The molecule has 0 spiro atoms. The summed E-state index contributed by atoms with van der Waals surface area (Å²) in [7, 11) is -2.61. The summed E-state index contributed by atoms with van der Waals surface area (Å²) in [4.78, 5) is 3.52. The van der Waals surface area contributed by atoms with Gasteiger partial charge in [-0.25, -0.2) is 8.78 Å². The third-order valence-electron chi connectivity index (χ3n) is 3.83. The first-order chi connectivity index (χ1) is 12.4. The normalized spacial score (nSPS) is 12.0. The summed E-state index contributed by atoms with van der Waals surface area (Å²) in [6.45, 7) is 0. The van der Waals surface area contributed by atoms with E-state index in [1.54, 1.807) is 36.4 Å². The molecule has 1 aromatic carbocycles. The number of hydrogen-bond donors (Lipinski definition) is 0. The van der Waals surface area contributed by atoms with Crippen LogP contribution in [-0.2, 0) is 17.1 Å². The molecule has 0 bridgehead atoms. The number of nitrogens with zero attached hydrogens (tertiary/aromatic N) is 5. The van der Waals surface area contributed by atoms with E-state index >= 15 is 0 Å². The summed E-state index contributed by atoms with van der Waals surface area (Å²) in [5.41, 5.74) is 1.86. The van der Waals surface area contributed by atoms with Gasteiger partial charge >= 0.3 is 0 Å². The number of benzene rings is 1. The fourth-order valence-corrected chi connectivity index (χ4v) is 3.89. The average Bonchev–Trinajstić information content (AvgIpc) is 3.20. The van der Waals surface area contributed by atoms with E-state index in [4.69, 9.17) is 0 Å². The summed E-state index contributed by atoms with van der Waals surface area (Å²) >= 11 is 0. The van der Waals surface area contributed by atoms with Crippen molar-refractivity contribution in [3.63, 3.8) is 0 Å². The highest BCUT2D eigenvalue weighted by Gasteiger charge is 2.25. The van der Waals surface area contributed by atoms with Gasteiger partial charge in [0.25, 0.3) is 10.0 Å². The van der Waals surface area contributed by atoms with E-state index in [-0.39, 0.29) is 5.52 Å². The first kappa shape index (κ1) is 16.3. The van der Waals surface area contributed by atoms with E-state index in [1.807, 2.05) is 0 Å². The van der Waals surface area contributed by atoms with Crippen LogP contribution in [0, 0.1) is 11.6 Å². The van der Waals surface area contributed by atoms with Crippen LogP contribution in [0.1, 0.15) is 0 Å². The van der Waals surface area contributed by atoms with Gasteiger partial charge in [-0.05, 0) is 18.2 Å². The van der Waals surface area contributed by atoms with Gasteiger partial charge in [0.05, 0.1) is 12.4 Å². The van der Waals surface area contributed by atoms with Crippen molar-refractivity contribution in [2.24, 2.45) is 7.05 Å². The van der Waals surface area contributed by atoms with E-state index in [0.717, 1.165) is 17.7 Å². The van der Waals surface area contributed by atoms with Gasteiger partial charge in [0.1, 0.15) is 27.6 Å². The molecule has 26 heavy (non-hydrogen) atoms. The second-order valence-corrected chi connectivity index (χ2v) is 7.33.